The maximum absolute atomic E-state index is 2.54. The highest BCUT2D eigenvalue weighted by Gasteiger charge is 2.36. The highest BCUT2D eigenvalue weighted by atomic mass is 15.1. The van der Waals surface area contributed by atoms with Crippen LogP contribution in [0.4, 0.5) is 17.1 Å². The van der Waals surface area contributed by atoms with E-state index in [0.717, 1.165) is 24.2 Å². The van der Waals surface area contributed by atoms with Crippen molar-refractivity contribution in [3.63, 3.8) is 0 Å². The van der Waals surface area contributed by atoms with Gasteiger partial charge in [-0.25, -0.2) is 0 Å². The number of hydrogen-bond acceptors (Lipinski definition) is 1. The Balaban J connectivity index is 1.15. The quantitative estimate of drug-likeness (QED) is 0.168. The largest absolute Gasteiger partial charge is 0.310 e. The van der Waals surface area contributed by atoms with Crippen molar-refractivity contribution in [1.29, 1.82) is 0 Å². The van der Waals surface area contributed by atoms with Crippen molar-refractivity contribution >= 4 is 17.1 Å². The summed E-state index contributed by atoms with van der Waals surface area (Å²) in [6, 6.07) is 74.8. The van der Waals surface area contributed by atoms with E-state index in [2.05, 4.69) is 233 Å². The molecule has 11 rings (SSSR count). The second-order valence-electron chi connectivity index (χ2n) is 17.7. The monoisotopic (exact) mass is 795 g/mol. The van der Waals surface area contributed by atoms with Gasteiger partial charge < -0.3 is 4.90 Å². The Morgan fingerprint density at radius 3 is 1.42 bits per heavy atom. The third-order valence-electron chi connectivity index (χ3n) is 13.6. The fourth-order valence-corrected chi connectivity index (χ4v) is 10.7. The van der Waals surface area contributed by atoms with E-state index in [0.29, 0.717) is 0 Å². The van der Waals surface area contributed by atoms with E-state index < -0.39 is 0 Å². The van der Waals surface area contributed by atoms with Gasteiger partial charge >= 0.3 is 0 Å². The van der Waals surface area contributed by atoms with Crippen molar-refractivity contribution < 1.29 is 0 Å². The van der Waals surface area contributed by atoms with Gasteiger partial charge in [0.1, 0.15) is 0 Å². The Morgan fingerprint density at radius 2 is 0.774 bits per heavy atom. The van der Waals surface area contributed by atoms with Gasteiger partial charge in [-0.05, 0) is 163 Å². The number of nitrogens with zero attached hydrogens (tertiary/aromatic N) is 1. The number of anilines is 3. The minimum atomic E-state index is -0.135. The normalized spacial score (nSPS) is 13.2. The van der Waals surface area contributed by atoms with Crippen LogP contribution < -0.4 is 4.90 Å². The molecular formula is C61H49N. The van der Waals surface area contributed by atoms with Crippen LogP contribution in [0.1, 0.15) is 47.2 Å². The predicted octanol–water partition coefficient (Wildman–Crippen LogP) is 16.5. The first kappa shape index (κ1) is 37.8. The summed E-state index contributed by atoms with van der Waals surface area (Å²) < 4.78 is 0. The van der Waals surface area contributed by atoms with Gasteiger partial charge in [-0.1, -0.05) is 178 Å². The smallest absolute Gasteiger partial charge is 0.0520 e. The Morgan fingerprint density at radius 1 is 0.339 bits per heavy atom. The highest BCUT2D eigenvalue weighted by molar-refractivity contribution is 5.97. The zero-order valence-corrected chi connectivity index (χ0v) is 35.9. The van der Waals surface area contributed by atoms with Gasteiger partial charge in [0, 0.05) is 16.8 Å². The standard InChI is InChI=1S/C61H49N/c1-40-36-45(51-25-13-12-22-48(51)42-18-6-5-7-19-42)37-41(2)60(40)62(47-33-35-56-55-28-16-17-29-58(55)61(3,4)59(56)39-47)46-32-34-54-53-27-15-14-26-52(53)49-23-10-8-20-43(49)30-31-44-21-9-11-24-50(44)57(54)38-46/h5-29,32-39H,30-31H2,1-4H3. The van der Waals surface area contributed by atoms with Crippen LogP contribution in [0, 0.1) is 13.8 Å². The summed E-state index contributed by atoms with van der Waals surface area (Å²) >= 11 is 0. The lowest BCUT2D eigenvalue weighted by atomic mass is 9.82. The molecule has 0 bridgehead atoms. The van der Waals surface area contributed by atoms with E-state index in [1.54, 1.807) is 0 Å². The van der Waals surface area contributed by atoms with Crippen molar-refractivity contribution in [2.24, 2.45) is 0 Å². The molecule has 0 aromatic heterocycles. The fraction of sp³-hybridized carbons (Fsp3) is 0.115. The molecule has 9 aromatic rings. The first-order valence-electron chi connectivity index (χ1n) is 22.1. The summed E-state index contributed by atoms with van der Waals surface area (Å²) in [6.45, 7) is 9.35. The summed E-state index contributed by atoms with van der Waals surface area (Å²) in [5, 5.41) is 0. The third kappa shape index (κ3) is 6.22. The van der Waals surface area contributed by atoms with E-state index in [9.17, 15) is 0 Å². The van der Waals surface area contributed by atoms with E-state index in [-0.39, 0.29) is 5.41 Å². The number of fused-ring (bicyclic) bond motifs is 10. The zero-order chi connectivity index (χ0) is 42.0. The van der Waals surface area contributed by atoms with Crippen molar-refractivity contribution in [1.82, 2.24) is 0 Å². The number of rotatable bonds is 5. The molecule has 298 valence electrons. The molecule has 0 fully saturated rings. The topological polar surface area (TPSA) is 3.24 Å². The molecule has 2 aliphatic carbocycles. The number of benzene rings is 9. The molecule has 2 aliphatic rings. The van der Waals surface area contributed by atoms with Crippen molar-refractivity contribution in [3.05, 3.63) is 234 Å². The van der Waals surface area contributed by atoms with Crippen molar-refractivity contribution in [2.45, 2.75) is 46.0 Å². The molecule has 0 aliphatic heterocycles. The molecule has 0 saturated heterocycles. The minimum absolute atomic E-state index is 0.135. The van der Waals surface area contributed by atoms with Crippen LogP contribution in [0.2, 0.25) is 0 Å². The van der Waals surface area contributed by atoms with Crippen LogP contribution in [0.15, 0.2) is 200 Å². The first-order valence-corrected chi connectivity index (χ1v) is 22.1. The van der Waals surface area contributed by atoms with E-state index >= 15 is 0 Å². The molecule has 1 nitrogen and oxygen atoms in total. The molecule has 0 radical (unpaired) electrons. The molecule has 0 N–H and O–H groups in total. The number of hydrogen-bond donors (Lipinski definition) is 0. The maximum atomic E-state index is 2.54. The van der Waals surface area contributed by atoms with Gasteiger partial charge in [-0.3, -0.25) is 0 Å². The SMILES string of the molecule is Cc1cc(-c2ccccc2-c2ccccc2)cc(C)c1N(c1ccc2c(c1)-c1ccccc1CCc1ccccc1-c1ccccc1-2)c1ccc2c(c1)C(C)(C)c1ccccc1-2. The van der Waals surface area contributed by atoms with Crippen LogP contribution >= 0.6 is 0 Å². The average molecular weight is 796 g/mol. The fourth-order valence-electron chi connectivity index (χ4n) is 10.7. The van der Waals surface area contributed by atoms with Crippen molar-refractivity contribution in [3.8, 4) is 66.8 Å². The molecule has 0 spiro atoms. The molecule has 0 heterocycles. The second-order valence-corrected chi connectivity index (χ2v) is 17.7. The summed E-state index contributed by atoms with van der Waals surface area (Å²) in [5.41, 5.74) is 26.6. The summed E-state index contributed by atoms with van der Waals surface area (Å²) in [4.78, 5) is 2.54. The van der Waals surface area contributed by atoms with Gasteiger partial charge in [0.15, 0.2) is 0 Å². The lowest BCUT2D eigenvalue weighted by Crippen LogP contribution is -2.17. The minimum Gasteiger partial charge on any atom is -0.310 e. The van der Waals surface area contributed by atoms with Crippen LogP contribution in [-0.2, 0) is 18.3 Å². The Kier molecular flexibility index (Phi) is 9.16. The van der Waals surface area contributed by atoms with Gasteiger partial charge in [-0.2, -0.15) is 0 Å². The van der Waals surface area contributed by atoms with Gasteiger partial charge in [0.2, 0.25) is 0 Å². The molecule has 0 saturated carbocycles. The molecule has 62 heavy (non-hydrogen) atoms. The second kappa shape index (κ2) is 15.0. The lowest BCUT2D eigenvalue weighted by Gasteiger charge is -2.32. The predicted molar refractivity (Wildman–Crippen MR) is 263 cm³/mol. The maximum Gasteiger partial charge on any atom is 0.0520 e. The third-order valence-corrected chi connectivity index (χ3v) is 13.6. The Bertz CT molecular complexity index is 3160. The summed E-state index contributed by atoms with van der Waals surface area (Å²) in [7, 11) is 0. The molecular weight excluding hydrogens is 747 g/mol. The molecule has 0 unspecified atom stereocenters. The average Bonchev–Trinajstić information content (AvgIpc) is 3.54. The zero-order valence-electron chi connectivity index (χ0n) is 35.9. The molecule has 0 atom stereocenters. The Labute approximate surface area is 366 Å². The lowest BCUT2D eigenvalue weighted by molar-refractivity contribution is 0.660. The number of aryl methyl sites for hydroxylation is 4. The first-order chi connectivity index (χ1) is 30.3. The highest BCUT2D eigenvalue weighted by Crippen LogP contribution is 2.52. The van der Waals surface area contributed by atoms with E-state index in [4.69, 9.17) is 0 Å². The van der Waals surface area contributed by atoms with Crippen LogP contribution in [0.5, 0.6) is 0 Å². The van der Waals surface area contributed by atoms with Crippen molar-refractivity contribution in [2.75, 3.05) is 4.90 Å². The van der Waals surface area contributed by atoms with E-state index in [1.807, 2.05) is 0 Å². The van der Waals surface area contributed by atoms with Crippen LogP contribution in [-0.4, -0.2) is 0 Å². The molecule has 1 heteroatoms. The van der Waals surface area contributed by atoms with Gasteiger partial charge in [0.05, 0.1) is 5.69 Å². The van der Waals surface area contributed by atoms with Gasteiger partial charge in [-0.15, -0.1) is 0 Å². The summed E-state index contributed by atoms with van der Waals surface area (Å²) in [5.74, 6) is 0. The van der Waals surface area contributed by atoms with Crippen LogP contribution in [0.3, 0.4) is 0 Å². The molecule has 0 amide bonds. The molecule has 9 aromatic carbocycles. The Hall–Kier alpha value is -7.22. The van der Waals surface area contributed by atoms with E-state index in [1.165, 1.54) is 106 Å². The van der Waals surface area contributed by atoms with Gasteiger partial charge in [0.25, 0.3) is 0 Å². The summed E-state index contributed by atoms with van der Waals surface area (Å²) in [6.07, 6.45) is 1.95. The van der Waals surface area contributed by atoms with Crippen LogP contribution in [0.25, 0.3) is 66.8 Å².